The van der Waals surface area contributed by atoms with Crippen LogP contribution in [0.5, 0.6) is 0 Å². The highest BCUT2D eigenvalue weighted by molar-refractivity contribution is 5.83. The lowest BCUT2D eigenvalue weighted by molar-refractivity contribution is -0.127. The minimum Gasteiger partial charge on any atom is -0.353 e. The molecule has 148 valence electrons. The van der Waals surface area contributed by atoms with Crippen molar-refractivity contribution in [3.8, 4) is 0 Å². The molecule has 0 fully saturated rings. The van der Waals surface area contributed by atoms with Crippen molar-refractivity contribution in [3.63, 3.8) is 0 Å². The zero-order valence-electron chi connectivity index (χ0n) is 16.5. The van der Waals surface area contributed by atoms with Crippen molar-refractivity contribution in [3.05, 3.63) is 77.4 Å². The van der Waals surface area contributed by atoms with Gasteiger partial charge in [0.2, 0.25) is 5.91 Å². The molecule has 1 heterocycles. The van der Waals surface area contributed by atoms with Crippen molar-refractivity contribution in [1.29, 1.82) is 0 Å². The van der Waals surface area contributed by atoms with Gasteiger partial charge in [-0.05, 0) is 49.6 Å². The predicted octanol–water partition coefficient (Wildman–Crippen LogP) is 4.71. The van der Waals surface area contributed by atoms with Gasteiger partial charge >= 0.3 is 0 Å². The van der Waals surface area contributed by atoms with E-state index in [0.717, 1.165) is 17.7 Å². The van der Waals surface area contributed by atoms with Gasteiger partial charge in [-0.15, -0.1) is 0 Å². The summed E-state index contributed by atoms with van der Waals surface area (Å²) >= 11 is 0. The van der Waals surface area contributed by atoms with Crippen LogP contribution in [0.3, 0.4) is 0 Å². The van der Waals surface area contributed by atoms with Crippen molar-refractivity contribution >= 4 is 11.5 Å². The van der Waals surface area contributed by atoms with E-state index in [1.165, 1.54) is 6.07 Å². The number of amides is 1. The number of carbonyl (C=O) groups excluding carboxylic acids is 1. The monoisotopic (exact) mass is 384 g/mol. The van der Waals surface area contributed by atoms with Gasteiger partial charge in [-0.3, -0.25) is 9.69 Å². The number of halogens is 2. The second kappa shape index (κ2) is 8.65. The molecule has 3 nitrogen and oxygen atoms in total. The largest absolute Gasteiger partial charge is 0.353 e. The van der Waals surface area contributed by atoms with Crippen molar-refractivity contribution < 1.29 is 13.6 Å². The maximum absolute atomic E-state index is 14.4. The molecule has 0 radical (unpaired) electrons. The van der Waals surface area contributed by atoms with Gasteiger partial charge in [-0.1, -0.05) is 43.3 Å². The molecule has 0 aromatic heterocycles. The Morgan fingerprint density at radius 1 is 1.18 bits per heavy atom. The zero-order valence-corrected chi connectivity index (χ0v) is 16.5. The highest BCUT2D eigenvalue weighted by atomic mass is 19.1. The van der Waals surface area contributed by atoms with E-state index in [1.807, 2.05) is 57.2 Å². The molecule has 0 saturated carbocycles. The summed E-state index contributed by atoms with van der Waals surface area (Å²) in [6, 6.07) is 12.8. The van der Waals surface area contributed by atoms with E-state index < -0.39 is 11.6 Å². The smallest absolute Gasteiger partial charge is 0.237 e. The maximum Gasteiger partial charge on any atom is 0.237 e. The molecule has 2 unspecified atom stereocenters. The molecule has 2 atom stereocenters. The van der Waals surface area contributed by atoms with Crippen LogP contribution in [-0.4, -0.2) is 29.4 Å². The molecule has 3 rings (SSSR count). The first-order valence-corrected chi connectivity index (χ1v) is 9.68. The summed E-state index contributed by atoms with van der Waals surface area (Å²) in [5.41, 5.74) is 1.97. The molecule has 28 heavy (non-hydrogen) atoms. The Bertz CT molecular complexity index is 864. The van der Waals surface area contributed by atoms with Gasteiger partial charge in [0.15, 0.2) is 0 Å². The SMILES string of the molecule is CCC(C(=O)NC(C)C)N1CC(c2cc(F)ccc2F)=CC1c1ccccc1. The van der Waals surface area contributed by atoms with Gasteiger partial charge in [0.25, 0.3) is 0 Å². The highest BCUT2D eigenvalue weighted by Gasteiger charge is 2.35. The molecular weight excluding hydrogens is 358 g/mol. The molecule has 1 aliphatic heterocycles. The molecule has 0 aliphatic carbocycles. The molecule has 1 N–H and O–H groups in total. The van der Waals surface area contributed by atoms with E-state index in [2.05, 4.69) is 10.2 Å². The van der Waals surface area contributed by atoms with Crippen molar-refractivity contribution in [2.45, 2.75) is 45.3 Å². The maximum atomic E-state index is 14.4. The van der Waals surface area contributed by atoms with Crippen LogP contribution in [0, 0.1) is 11.6 Å². The molecule has 1 aliphatic rings. The van der Waals surface area contributed by atoms with E-state index in [9.17, 15) is 13.6 Å². The fourth-order valence-electron chi connectivity index (χ4n) is 3.75. The standard InChI is InChI=1S/C23H26F2N2O/c1-4-21(23(28)26-15(2)3)27-14-17(19-13-18(24)10-11-20(19)25)12-22(27)16-8-6-5-7-9-16/h5-13,15,21-22H,4,14H2,1-3H3,(H,26,28). The van der Waals surface area contributed by atoms with Crippen LogP contribution in [-0.2, 0) is 4.79 Å². The lowest BCUT2D eigenvalue weighted by Crippen LogP contribution is -2.48. The van der Waals surface area contributed by atoms with Crippen LogP contribution >= 0.6 is 0 Å². The second-order valence-corrected chi connectivity index (χ2v) is 7.43. The zero-order chi connectivity index (χ0) is 20.3. The van der Waals surface area contributed by atoms with Gasteiger partial charge in [0, 0.05) is 18.2 Å². The third-order valence-corrected chi connectivity index (χ3v) is 5.01. The summed E-state index contributed by atoms with van der Waals surface area (Å²) in [5, 5.41) is 2.98. The minimum atomic E-state index is -0.475. The lowest BCUT2D eigenvalue weighted by Gasteiger charge is -2.32. The van der Waals surface area contributed by atoms with E-state index in [4.69, 9.17) is 0 Å². The Kier molecular flexibility index (Phi) is 6.25. The fourth-order valence-corrected chi connectivity index (χ4v) is 3.75. The molecule has 0 spiro atoms. The first-order valence-electron chi connectivity index (χ1n) is 9.68. The van der Waals surface area contributed by atoms with Gasteiger partial charge in [0.05, 0.1) is 12.1 Å². The number of nitrogens with zero attached hydrogens (tertiary/aromatic N) is 1. The van der Waals surface area contributed by atoms with Gasteiger partial charge in [-0.25, -0.2) is 8.78 Å². The second-order valence-electron chi connectivity index (χ2n) is 7.43. The van der Waals surface area contributed by atoms with Crippen LogP contribution in [0.1, 0.15) is 44.4 Å². The summed E-state index contributed by atoms with van der Waals surface area (Å²) in [4.78, 5) is 14.9. The molecule has 1 amide bonds. The Hall–Kier alpha value is -2.53. The molecule has 2 aromatic rings. The van der Waals surface area contributed by atoms with Gasteiger partial charge in [0.1, 0.15) is 11.6 Å². The summed E-state index contributed by atoms with van der Waals surface area (Å²) in [7, 11) is 0. The molecule has 5 heteroatoms. The van der Waals surface area contributed by atoms with Crippen LogP contribution in [0.25, 0.3) is 5.57 Å². The number of carbonyl (C=O) groups is 1. The van der Waals surface area contributed by atoms with Crippen LogP contribution in [0.2, 0.25) is 0 Å². The van der Waals surface area contributed by atoms with Crippen LogP contribution in [0.4, 0.5) is 8.78 Å². The van der Waals surface area contributed by atoms with E-state index in [-0.39, 0.29) is 29.6 Å². The summed E-state index contributed by atoms with van der Waals surface area (Å²) in [6.07, 6.45) is 2.56. The topological polar surface area (TPSA) is 32.3 Å². The van der Waals surface area contributed by atoms with Crippen molar-refractivity contribution in [2.24, 2.45) is 0 Å². The summed E-state index contributed by atoms with van der Waals surface area (Å²) < 4.78 is 28.1. The number of rotatable bonds is 6. The van der Waals surface area contributed by atoms with Gasteiger partial charge < -0.3 is 5.32 Å². The molecule has 0 saturated heterocycles. The molecule has 2 aromatic carbocycles. The number of nitrogens with one attached hydrogen (secondary N) is 1. The highest BCUT2D eigenvalue weighted by Crippen LogP contribution is 2.37. The summed E-state index contributed by atoms with van der Waals surface area (Å²) in [5.74, 6) is -0.981. The first kappa shape index (κ1) is 20.2. The van der Waals surface area contributed by atoms with Crippen molar-refractivity contribution in [2.75, 3.05) is 6.54 Å². The number of benzene rings is 2. The summed E-state index contributed by atoms with van der Waals surface area (Å²) in [6.45, 7) is 6.20. The Morgan fingerprint density at radius 2 is 1.89 bits per heavy atom. The lowest BCUT2D eigenvalue weighted by atomic mass is 10.0. The average molecular weight is 384 g/mol. The predicted molar refractivity (Wildman–Crippen MR) is 108 cm³/mol. The molecule has 0 bridgehead atoms. The average Bonchev–Trinajstić information content (AvgIpc) is 3.09. The number of hydrogen-bond donors (Lipinski definition) is 1. The molecular formula is C23H26F2N2O. The Labute approximate surface area is 165 Å². The van der Waals surface area contributed by atoms with Crippen LogP contribution in [0.15, 0.2) is 54.6 Å². The fraction of sp³-hybridized carbons (Fsp3) is 0.348. The van der Waals surface area contributed by atoms with E-state index in [1.54, 1.807) is 0 Å². The van der Waals surface area contributed by atoms with Gasteiger partial charge in [-0.2, -0.15) is 0 Å². The third kappa shape index (κ3) is 4.30. The normalized spacial score (nSPS) is 18.2. The number of hydrogen-bond acceptors (Lipinski definition) is 2. The Morgan fingerprint density at radius 3 is 2.54 bits per heavy atom. The first-order chi connectivity index (χ1) is 13.4. The Balaban J connectivity index is 2.00. The van der Waals surface area contributed by atoms with E-state index >= 15 is 0 Å². The quantitative estimate of drug-likeness (QED) is 0.782. The van der Waals surface area contributed by atoms with Crippen molar-refractivity contribution in [1.82, 2.24) is 10.2 Å². The third-order valence-electron chi connectivity index (χ3n) is 5.01. The van der Waals surface area contributed by atoms with Crippen LogP contribution < -0.4 is 5.32 Å². The minimum absolute atomic E-state index is 0.0346. The van der Waals surface area contributed by atoms with E-state index in [0.29, 0.717) is 18.5 Å².